The van der Waals surface area contributed by atoms with Crippen LogP contribution in [0.3, 0.4) is 0 Å². The summed E-state index contributed by atoms with van der Waals surface area (Å²) >= 11 is 5.32. The molecule has 1 aromatic heterocycles. The van der Waals surface area contributed by atoms with Crippen LogP contribution in [0.4, 0.5) is 0 Å². The molecular weight excluding hydrogens is 350 g/mol. The van der Waals surface area contributed by atoms with E-state index in [0.717, 1.165) is 11.1 Å². The van der Waals surface area contributed by atoms with Crippen molar-refractivity contribution in [2.45, 2.75) is 33.4 Å². The van der Waals surface area contributed by atoms with E-state index in [2.05, 4.69) is 15.5 Å². The molecule has 2 heterocycles. The fourth-order valence-corrected chi connectivity index (χ4v) is 3.52. The molecule has 0 radical (unpaired) electrons. The average Bonchev–Trinajstić information content (AvgIpc) is 2.95. The molecule has 0 bridgehead atoms. The van der Waals surface area contributed by atoms with Crippen molar-refractivity contribution in [3.63, 3.8) is 0 Å². The number of hydrogen-bond donors (Lipinski definition) is 2. The fourth-order valence-electron chi connectivity index (χ4n) is 3.32. The van der Waals surface area contributed by atoms with Crippen LogP contribution in [0.2, 0.25) is 0 Å². The third-order valence-electron chi connectivity index (χ3n) is 4.54. The number of aromatic amines is 1. The molecule has 138 valence electrons. The van der Waals surface area contributed by atoms with Crippen LogP contribution in [0.25, 0.3) is 11.4 Å². The van der Waals surface area contributed by atoms with Crippen LogP contribution >= 0.6 is 12.2 Å². The van der Waals surface area contributed by atoms with Gasteiger partial charge in [-0.3, -0.25) is 19.3 Å². The molecule has 1 aliphatic heterocycles. The van der Waals surface area contributed by atoms with Gasteiger partial charge in [0, 0.05) is 18.7 Å². The number of carbonyl (C=O) groups excluding carboxylic acids is 2. The van der Waals surface area contributed by atoms with Gasteiger partial charge in [0.05, 0.1) is 0 Å². The van der Waals surface area contributed by atoms with Crippen molar-refractivity contribution in [1.82, 2.24) is 25.0 Å². The van der Waals surface area contributed by atoms with Gasteiger partial charge in [-0.25, -0.2) is 0 Å². The minimum absolute atomic E-state index is 0.0350. The van der Waals surface area contributed by atoms with Crippen molar-refractivity contribution in [2.75, 3.05) is 13.1 Å². The molecule has 2 N–H and O–H groups in total. The molecule has 1 unspecified atom stereocenters. The molecule has 1 aromatic carbocycles. The molecule has 0 spiro atoms. The summed E-state index contributed by atoms with van der Waals surface area (Å²) in [6.45, 7) is 6.90. The summed E-state index contributed by atoms with van der Waals surface area (Å²) in [5, 5.41) is 9.90. The number of aromatic nitrogens is 3. The smallest absolute Gasteiger partial charge is 0.243 e. The van der Waals surface area contributed by atoms with Crippen molar-refractivity contribution in [3.05, 3.63) is 34.6 Å². The second-order valence-corrected chi connectivity index (χ2v) is 7.26. The van der Waals surface area contributed by atoms with Crippen LogP contribution < -0.4 is 5.32 Å². The lowest BCUT2D eigenvalue weighted by atomic mass is 9.99. The maximum absolute atomic E-state index is 13.0. The third kappa shape index (κ3) is 3.55. The normalized spacial score (nSPS) is 17.5. The molecule has 0 aliphatic carbocycles. The monoisotopic (exact) mass is 373 g/mol. The first-order chi connectivity index (χ1) is 12.4. The molecule has 8 heteroatoms. The Morgan fingerprint density at radius 3 is 2.88 bits per heavy atom. The van der Waals surface area contributed by atoms with Gasteiger partial charge in [0.2, 0.25) is 11.8 Å². The van der Waals surface area contributed by atoms with E-state index in [9.17, 15) is 9.59 Å². The first-order valence-corrected chi connectivity index (χ1v) is 9.08. The minimum atomic E-state index is -0.459. The Kier molecular flexibility index (Phi) is 5.22. The van der Waals surface area contributed by atoms with E-state index in [1.54, 1.807) is 9.47 Å². The molecule has 1 fully saturated rings. The molecule has 2 amide bonds. The highest BCUT2D eigenvalue weighted by atomic mass is 32.1. The number of piperazine rings is 1. The summed E-state index contributed by atoms with van der Waals surface area (Å²) in [5.41, 5.74) is 1.99. The van der Waals surface area contributed by atoms with Gasteiger partial charge in [0.25, 0.3) is 0 Å². The fraction of sp³-hybridized carbons (Fsp3) is 0.444. The van der Waals surface area contributed by atoms with E-state index in [1.165, 1.54) is 0 Å². The van der Waals surface area contributed by atoms with Gasteiger partial charge >= 0.3 is 0 Å². The molecule has 1 aliphatic rings. The lowest BCUT2D eigenvalue weighted by molar-refractivity contribution is -0.145. The number of rotatable bonds is 4. The summed E-state index contributed by atoms with van der Waals surface area (Å²) < 4.78 is 2.08. The van der Waals surface area contributed by atoms with Crippen LogP contribution in [0, 0.1) is 17.6 Å². The highest BCUT2D eigenvalue weighted by molar-refractivity contribution is 7.71. The SMILES string of the molecule is Cc1cccc(-c2n[nH]c(=S)n2CC(=O)N2CCNC(=O)C2C(C)C)c1. The minimum Gasteiger partial charge on any atom is -0.353 e. The number of benzene rings is 1. The third-order valence-corrected chi connectivity index (χ3v) is 4.85. The molecule has 26 heavy (non-hydrogen) atoms. The van der Waals surface area contributed by atoms with Crippen LogP contribution in [0.15, 0.2) is 24.3 Å². The summed E-state index contributed by atoms with van der Waals surface area (Å²) in [5.74, 6) is 0.418. The molecule has 7 nitrogen and oxygen atoms in total. The first-order valence-electron chi connectivity index (χ1n) is 8.68. The Morgan fingerprint density at radius 2 is 2.19 bits per heavy atom. The summed E-state index contributed by atoms with van der Waals surface area (Å²) in [4.78, 5) is 26.8. The highest BCUT2D eigenvalue weighted by Crippen LogP contribution is 2.20. The maximum atomic E-state index is 13.0. The Bertz CT molecular complexity index is 886. The zero-order valence-electron chi connectivity index (χ0n) is 15.2. The number of aryl methyl sites for hydroxylation is 1. The molecule has 2 aromatic rings. The van der Waals surface area contributed by atoms with Crippen molar-refractivity contribution >= 4 is 24.0 Å². The number of nitrogens with zero attached hydrogens (tertiary/aromatic N) is 3. The van der Waals surface area contributed by atoms with E-state index in [-0.39, 0.29) is 24.3 Å². The van der Waals surface area contributed by atoms with Crippen LogP contribution in [-0.2, 0) is 16.1 Å². The van der Waals surface area contributed by atoms with E-state index in [4.69, 9.17) is 12.2 Å². The topological polar surface area (TPSA) is 83.0 Å². The maximum Gasteiger partial charge on any atom is 0.243 e. The second-order valence-electron chi connectivity index (χ2n) is 6.88. The van der Waals surface area contributed by atoms with Gasteiger partial charge in [0.15, 0.2) is 10.6 Å². The van der Waals surface area contributed by atoms with E-state index in [0.29, 0.717) is 23.7 Å². The molecular formula is C18H23N5O2S. The number of hydrogen-bond acceptors (Lipinski definition) is 4. The summed E-state index contributed by atoms with van der Waals surface area (Å²) in [6, 6.07) is 7.42. The van der Waals surface area contributed by atoms with Crippen LogP contribution in [-0.4, -0.2) is 50.6 Å². The average molecular weight is 373 g/mol. The van der Waals surface area contributed by atoms with Gasteiger partial charge in [-0.05, 0) is 31.1 Å². The van der Waals surface area contributed by atoms with Crippen molar-refractivity contribution in [1.29, 1.82) is 0 Å². The predicted molar refractivity (Wildman–Crippen MR) is 101 cm³/mol. The standard InChI is InChI=1S/C18H23N5O2S/c1-11(2)15-17(25)19-7-8-22(15)14(24)10-23-16(20-21-18(23)26)13-6-4-5-12(3)9-13/h4-6,9,11,15H,7-8,10H2,1-3H3,(H,19,25)(H,21,26). The molecule has 0 saturated carbocycles. The van der Waals surface area contributed by atoms with Gasteiger partial charge < -0.3 is 10.2 Å². The number of carbonyl (C=O) groups is 2. The van der Waals surface area contributed by atoms with Crippen LogP contribution in [0.5, 0.6) is 0 Å². The number of H-pyrrole nitrogens is 1. The Hall–Kier alpha value is -2.48. The Labute approximate surface area is 157 Å². The van der Waals surface area contributed by atoms with Gasteiger partial charge in [-0.2, -0.15) is 5.10 Å². The van der Waals surface area contributed by atoms with Crippen molar-refractivity contribution in [3.8, 4) is 11.4 Å². The summed E-state index contributed by atoms with van der Waals surface area (Å²) in [6.07, 6.45) is 0. The predicted octanol–water partition coefficient (Wildman–Crippen LogP) is 1.90. The largest absolute Gasteiger partial charge is 0.353 e. The van der Waals surface area contributed by atoms with E-state index in [1.807, 2.05) is 45.0 Å². The second kappa shape index (κ2) is 7.41. The lowest BCUT2D eigenvalue weighted by Gasteiger charge is -2.37. The first kappa shape index (κ1) is 18.3. The Balaban J connectivity index is 1.89. The zero-order chi connectivity index (χ0) is 18.8. The number of amides is 2. The van der Waals surface area contributed by atoms with Gasteiger partial charge in [0.1, 0.15) is 12.6 Å². The Morgan fingerprint density at radius 1 is 1.42 bits per heavy atom. The van der Waals surface area contributed by atoms with Gasteiger partial charge in [-0.1, -0.05) is 37.6 Å². The zero-order valence-corrected chi connectivity index (χ0v) is 16.0. The van der Waals surface area contributed by atoms with Crippen molar-refractivity contribution < 1.29 is 9.59 Å². The van der Waals surface area contributed by atoms with E-state index >= 15 is 0 Å². The summed E-state index contributed by atoms with van der Waals surface area (Å²) in [7, 11) is 0. The van der Waals surface area contributed by atoms with Gasteiger partial charge in [-0.15, -0.1) is 0 Å². The molecule has 1 saturated heterocycles. The molecule has 3 rings (SSSR count). The number of nitrogens with one attached hydrogen (secondary N) is 2. The lowest BCUT2D eigenvalue weighted by Crippen LogP contribution is -2.59. The highest BCUT2D eigenvalue weighted by Gasteiger charge is 2.35. The van der Waals surface area contributed by atoms with E-state index < -0.39 is 6.04 Å². The molecule has 1 atom stereocenters. The van der Waals surface area contributed by atoms with Crippen LogP contribution in [0.1, 0.15) is 19.4 Å². The van der Waals surface area contributed by atoms with Crippen molar-refractivity contribution in [2.24, 2.45) is 5.92 Å². The quantitative estimate of drug-likeness (QED) is 0.802.